The third-order valence-corrected chi connectivity index (χ3v) is 18.3. The van der Waals surface area contributed by atoms with E-state index in [0.717, 1.165) is 30.4 Å². The van der Waals surface area contributed by atoms with Gasteiger partial charge in [-0.05, 0) is 67.7 Å². The fraction of sp³-hybridized carbons (Fsp3) is 0.600. The number of aliphatic hydroxyl groups excluding tert-OH is 3. The number of aromatic hydroxyl groups is 1. The molecule has 109 heavy (non-hydrogen) atoms. The molecule has 0 aliphatic rings. The number of aromatic nitrogens is 2. The molecule has 24 N–H and O–H groups in total. The summed E-state index contributed by atoms with van der Waals surface area (Å²) in [5.74, 6) is -20.2. The lowest BCUT2D eigenvalue weighted by Gasteiger charge is -2.29. The molecule has 0 saturated carbocycles. The maximum Gasteiger partial charge on any atom is 0.322 e. The molecule has 0 unspecified atom stereocenters. The van der Waals surface area contributed by atoms with E-state index < -0.39 is 231 Å². The lowest BCUT2D eigenvalue weighted by atomic mass is 9.96. The number of thioether (sulfide) groups is 3. The van der Waals surface area contributed by atoms with Crippen molar-refractivity contribution in [2.24, 2.45) is 17.6 Å². The molecule has 1 aromatic heterocycles. The van der Waals surface area contributed by atoms with Crippen molar-refractivity contribution in [3.63, 3.8) is 0 Å². The summed E-state index contributed by atoms with van der Waals surface area (Å²) in [7, 11) is 0. The zero-order chi connectivity index (χ0) is 82.2. The van der Waals surface area contributed by atoms with Gasteiger partial charge in [0.15, 0.2) is 0 Å². The third-order valence-electron chi connectivity index (χ3n) is 15.8. The van der Waals surface area contributed by atoms with Crippen molar-refractivity contribution in [1.29, 1.82) is 0 Å². The van der Waals surface area contributed by atoms with Gasteiger partial charge in [0.2, 0.25) is 82.7 Å². The van der Waals surface area contributed by atoms with Gasteiger partial charge in [-0.1, -0.05) is 46.2 Å². The van der Waals surface area contributed by atoms with Crippen LogP contribution in [0.2, 0.25) is 0 Å². The molecule has 1 aromatic carbocycles. The third kappa shape index (κ3) is 36.7. The largest absolute Gasteiger partial charge is 0.508 e. The fourth-order valence-corrected chi connectivity index (χ4v) is 11.9. The second kappa shape index (κ2) is 49.9. The number of aromatic amines is 1. The summed E-state index contributed by atoms with van der Waals surface area (Å²) >= 11 is 3.44. The predicted octanol–water partition coefficient (Wildman–Crippen LogP) is -7.03. The molecule has 14 atom stereocenters. The van der Waals surface area contributed by atoms with Gasteiger partial charge in [0, 0.05) is 56.5 Å². The molecule has 0 radical (unpaired) electrons. The van der Waals surface area contributed by atoms with Crippen LogP contribution in [0.25, 0.3) is 0 Å². The molecule has 0 fully saturated rings. The summed E-state index contributed by atoms with van der Waals surface area (Å²) in [6, 6.07) is -15.3. The van der Waals surface area contributed by atoms with Crippen molar-refractivity contribution in [3.05, 3.63) is 48.0 Å². The van der Waals surface area contributed by atoms with E-state index in [-0.39, 0.29) is 66.2 Å². The molecule has 0 spiro atoms. The molecule has 41 nitrogen and oxygen atoms in total. The molecule has 1 heterocycles. The topological polar surface area (TPSA) is 655 Å². The van der Waals surface area contributed by atoms with Gasteiger partial charge in [-0.2, -0.15) is 11.8 Å². The van der Waals surface area contributed by atoms with Crippen LogP contribution in [-0.2, 0) is 94.3 Å². The predicted molar refractivity (Wildman–Crippen MR) is 393 cm³/mol. The van der Waals surface area contributed by atoms with Gasteiger partial charge >= 0.3 is 17.9 Å². The number of carbonyl (C=O) groups is 17. The molecule has 0 aliphatic carbocycles. The first-order valence-electron chi connectivity index (χ1n) is 34.2. The van der Waals surface area contributed by atoms with Gasteiger partial charge in [-0.15, -0.1) is 23.5 Å². The summed E-state index contributed by atoms with van der Waals surface area (Å²) < 4.78 is 0. The van der Waals surface area contributed by atoms with Gasteiger partial charge in [-0.3, -0.25) is 81.5 Å². The zero-order valence-electron chi connectivity index (χ0n) is 61.3. The SMILES string of the molecule is CC[C@H](C)[C@H](NC(=O)[C@H](Cc1cnc[nH]1)NC(=O)[C@H](CCSC)NC(=O)[C@@H](N)CSCNC(C)=O)C(=O)N[C@@H](CCC(=O)O)C(=O)N[C@@H](CO)C(=O)N[C@@H](CC(C)C)C(=O)N[C@@H](CC(=O)O)C(=O)N[C@@H](CO)C(=O)N[C@@H](Cc1ccc(O)cc1)C(=O)N[C@H](C(=O)N[C@@H](CSCNC(C)=O)C(=O)NCC(=O)O)[C@@H](C)O. The number of rotatable bonds is 52. The summed E-state index contributed by atoms with van der Waals surface area (Å²) in [6.07, 6.45) is -0.742. The Kier molecular flexibility index (Phi) is 43.6. The molecule has 0 aliphatic heterocycles. The fourth-order valence-electron chi connectivity index (χ4n) is 9.68. The number of amides is 14. The Morgan fingerprint density at radius 1 is 0.505 bits per heavy atom. The molecule has 0 saturated heterocycles. The molecule has 0 bridgehead atoms. The number of benzene rings is 1. The Morgan fingerprint density at radius 2 is 0.954 bits per heavy atom. The highest BCUT2D eigenvalue weighted by Crippen LogP contribution is 2.16. The van der Waals surface area contributed by atoms with Crippen LogP contribution in [0.3, 0.4) is 0 Å². The molecule has 608 valence electrons. The monoisotopic (exact) mass is 1600 g/mol. The highest BCUT2D eigenvalue weighted by Gasteiger charge is 2.39. The number of hydrogen-bond donors (Lipinski definition) is 23. The smallest absolute Gasteiger partial charge is 0.322 e. The summed E-state index contributed by atoms with van der Waals surface area (Å²) in [6.45, 7) is 6.57. The average Bonchev–Trinajstić information content (AvgIpc) is 0.865. The van der Waals surface area contributed by atoms with Crippen LogP contribution in [0.15, 0.2) is 36.8 Å². The standard InChI is InChI=1S/C65H101N17O24S3/c1-9-32(4)52(81-61(102)44(20-37-22-67-28-69-37)76-57(98)41(16-17-107-8)72-54(95)39(66)26-108-29-70-34(6)86)64(105)73-40(14-15-49(89)90)56(97)78-46(24-83)62(103)74-42(18-31(2)3)58(99)77-45(21-50(91)92)59(100)79-47(25-84)63(104)75-43(19-36-10-12-38(88)13-11-36)60(101)82-53(33(5)85)65(106)80-48(27-109-30-71-35(7)87)55(96)68-23-51(93)94/h10-13,22,28,31-33,39-48,52-53,83-85,88H,9,14-21,23-27,29-30,66H2,1-8H3,(H,67,69)(H,68,96)(H,70,86)(H,71,87)(H,72,95)(H,73,105)(H,74,103)(H,75,104)(H,76,98)(H,77,99)(H,78,97)(H,79,100)(H,80,106)(H,81,102)(H,82,101)(H,89,90)(H,91,92)(H,93,94)/t32-,33+,39-,40-,41-,42-,43-,44-,45-,46-,47-,48-,52-,53-/m0/s1. The van der Waals surface area contributed by atoms with Gasteiger partial charge in [0.25, 0.3) is 0 Å². The minimum absolute atomic E-state index is 0.0611. The Bertz CT molecular complexity index is 3420. The number of carbonyl (C=O) groups excluding carboxylic acids is 14. The second-order valence-corrected chi connectivity index (χ2v) is 28.4. The number of nitrogens with zero attached hydrogens (tertiary/aromatic N) is 1. The Morgan fingerprint density at radius 3 is 1.44 bits per heavy atom. The van der Waals surface area contributed by atoms with Crippen molar-refractivity contribution >= 4 is 136 Å². The van der Waals surface area contributed by atoms with Gasteiger partial charge in [0.05, 0.1) is 49.9 Å². The first kappa shape index (κ1) is 95.2. The van der Waals surface area contributed by atoms with Gasteiger partial charge in [0.1, 0.15) is 78.8 Å². The van der Waals surface area contributed by atoms with Crippen molar-refractivity contribution in [1.82, 2.24) is 84.4 Å². The number of imidazole rings is 1. The van der Waals surface area contributed by atoms with Crippen molar-refractivity contribution in [2.45, 2.75) is 178 Å². The number of aliphatic hydroxyl groups is 3. The van der Waals surface area contributed by atoms with E-state index >= 15 is 0 Å². The van der Waals surface area contributed by atoms with Gasteiger partial charge in [-0.25, -0.2) is 4.98 Å². The van der Waals surface area contributed by atoms with Crippen LogP contribution in [0, 0.1) is 11.8 Å². The maximum absolute atomic E-state index is 14.4. The first-order chi connectivity index (χ1) is 51.3. The van der Waals surface area contributed by atoms with Crippen molar-refractivity contribution in [2.75, 3.05) is 55.0 Å². The van der Waals surface area contributed by atoms with E-state index in [9.17, 15) is 112 Å². The molecular formula is C65H101N17O24S3. The Hall–Kier alpha value is -9.89. The minimum Gasteiger partial charge on any atom is -0.508 e. The number of phenolic OH excluding ortho intramolecular Hbond substituents is 1. The number of aliphatic carboxylic acids is 3. The van der Waals surface area contributed by atoms with E-state index in [1.54, 1.807) is 34.0 Å². The number of carboxylic acid groups (broad SMARTS) is 3. The van der Waals surface area contributed by atoms with E-state index in [4.69, 9.17) is 10.8 Å². The van der Waals surface area contributed by atoms with Crippen molar-refractivity contribution < 1.29 is 117 Å². The average molecular weight is 1600 g/mol. The van der Waals surface area contributed by atoms with E-state index in [0.29, 0.717) is 11.4 Å². The van der Waals surface area contributed by atoms with Crippen LogP contribution >= 0.6 is 35.3 Å². The number of phenols is 1. The number of nitrogens with two attached hydrogens (primary N) is 1. The van der Waals surface area contributed by atoms with Crippen molar-refractivity contribution in [3.8, 4) is 5.75 Å². The van der Waals surface area contributed by atoms with Crippen LogP contribution in [0.1, 0.15) is 98.2 Å². The summed E-state index contributed by atoms with van der Waals surface area (Å²) in [4.78, 5) is 232. The molecule has 2 aromatic rings. The van der Waals surface area contributed by atoms with E-state index in [2.05, 4.69) is 84.4 Å². The zero-order valence-corrected chi connectivity index (χ0v) is 63.7. The maximum atomic E-state index is 14.4. The number of carboxylic acids is 3. The highest BCUT2D eigenvalue weighted by molar-refractivity contribution is 7.99. The molecule has 14 amide bonds. The number of H-pyrrole nitrogens is 1. The normalized spacial score (nSPS) is 14.9. The molecular weight excluding hydrogens is 1500 g/mol. The van der Waals surface area contributed by atoms with Crippen LogP contribution in [0.5, 0.6) is 5.75 Å². The second-order valence-electron chi connectivity index (χ2n) is 25.3. The highest BCUT2D eigenvalue weighted by atomic mass is 32.2. The lowest BCUT2D eigenvalue weighted by molar-refractivity contribution is -0.142. The van der Waals surface area contributed by atoms with Crippen LogP contribution < -0.4 is 80.2 Å². The summed E-state index contributed by atoms with van der Waals surface area (Å²) in [5, 5.41) is 103. The number of hydrogen-bond acceptors (Lipinski definition) is 26. The van der Waals surface area contributed by atoms with E-state index in [1.807, 2.05) is 0 Å². The Balaban J connectivity index is 2.45. The summed E-state index contributed by atoms with van der Waals surface area (Å²) in [5.41, 5.74) is 6.68. The van der Waals surface area contributed by atoms with Gasteiger partial charge < -0.3 is 121 Å². The Labute approximate surface area is 639 Å². The number of nitrogens with one attached hydrogen (secondary N) is 15. The molecule has 2 rings (SSSR count). The molecule has 44 heteroatoms. The van der Waals surface area contributed by atoms with E-state index in [1.165, 1.54) is 62.4 Å². The van der Waals surface area contributed by atoms with Crippen LogP contribution in [-0.4, -0.2) is 280 Å². The minimum atomic E-state index is -2.14. The van der Waals surface area contributed by atoms with Crippen LogP contribution in [0.4, 0.5) is 0 Å². The first-order valence-corrected chi connectivity index (χ1v) is 37.9. The lowest BCUT2D eigenvalue weighted by Crippen LogP contribution is -2.62. The quantitative estimate of drug-likeness (QED) is 0.0216.